The molecule has 18 heavy (non-hydrogen) atoms. The van der Waals surface area contributed by atoms with Crippen LogP contribution in [0.4, 0.5) is 0 Å². The van der Waals surface area contributed by atoms with Gasteiger partial charge in [0.2, 0.25) is 0 Å². The highest BCUT2D eigenvalue weighted by Crippen LogP contribution is 2.19. The van der Waals surface area contributed by atoms with E-state index < -0.39 is 9.84 Å². The third-order valence-electron chi connectivity index (χ3n) is 2.76. The van der Waals surface area contributed by atoms with E-state index >= 15 is 0 Å². The van der Waals surface area contributed by atoms with Gasteiger partial charge in [0.15, 0.2) is 0 Å². The molecule has 0 heterocycles. The molecule has 5 heteroatoms. The Hall–Kier alpha value is -0.0600. The third kappa shape index (κ3) is 6.76. The Bertz CT molecular complexity index is 474. The van der Waals surface area contributed by atoms with Gasteiger partial charge in [0, 0.05) is 22.4 Å². The molecule has 0 aliphatic rings. The zero-order chi connectivity index (χ0) is 13.6. The summed E-state index contributed by atoms with van der Waals surface area (Å²) in [7, 11) is -2.84. The zero-order valence-electron chi connectivity index (χ0n) is 10.4. The van der Waals surface area contributed by atoms with E-state index in [2.05, 4.69) is 22.0 Å². The van der Waals surface area contributed by atoms with Crippen LogP contribution in [-0.2, 0) is 16.3 Å². The molecule has 1 aromatic carbocycles. The molecule has 0 saturated heterocycles. The molecule has 102 valence electrons. The lowest BCUT2D eigenvalue weighted by Crippen LogP contribution is -2.10. The van der Waals surface area contributed by atoms with Crippen LogP contribution in [0, 0.1) is 5.92 Å². The van der Waals surface area contributed by atoms with E-state index in [0.717, 1.165) is 29.6 Å². The molecule has 0 bridgehead atoms. The summed E-state index contributed by atoms with van der Waals surface area (Å²) in [5.74, 6) is 0.719. The van der Waals surface area contributed by atoms with Crippen LogP contribution in [0.1, 0.15) is 18.4 Å². The second kappa shape index (κ2) is 7.51. The highest BCUT2D eigenvalue weighted by molar-refractivity contribution is 9.09. The number of alkyl halides is 1. The minimum absolute atomic E-state index is 0.270. The van der Waals surface area contributed by atoms with Gasteiger partial charge in [0.25, 0.3) is 0 Å². The molecule has 0 aliphatic heterocycles. The quantitative estimate of drug-likeness (QED) is 0.700. The van der Waals surface area contributed by atoms with E-state index in [1.807, 2.05) is 18.2 Å². The van der Waals surface area contributed by atoms with Gasteiger partial charge >= 0.3 is 0 Å². The van der Waals surface area contributed by atoms with Gasteiger partial charge in [-0.1, -0.05) is 39.7 Å². The van der Waals surface area contributed by atoms with Gasteiger partial charge in [-0.15, -0.1) is 0 Å². The summed E-state index contributed by atoms with van der Waals surface area (Å²) in [4.78, 5) is 0. The second-order valence-corrected chi connectivity index (χ2v) is 7.97. The Morgan fingerprint density at radius 2 is 2.11 bits per heavy atom. The first-order valence-electron chi connectivity index (χ1n) is 5.89. The molecule has 1 atom stereocenters. The minimum atomic E-state index is -2.84. The fraction of sp³-hybridized carbons (Fsp3) is 0.538. The maximum absolute atomic E-state index is 11.1. The van der Waals surface area contributed by atoms with Crippen molar-refractivity contribution < 1.29 is 8.42 Å². The van der Waals surface area contributed by atoms with Crippen LogP contribution in [-0.4, -0.2) is 25.8 Å². The van der Waals surface area contributed by atoms with Crippen LogP contribution in [0.2, 0.25) is 5.02 Å². The fourth-order valence-electron chi connectivity index (χ4n) is 1.87. The molecule has 0 aliphatic carbocycles. The molecule has 0 spiro atoms. The summed E-state index contributed by atoms with van der Waals surface area (Å²) >= 11 is 9.43. The number of hydrogen-bond donors (Lipinski definition) is 0. The van der Waals surface area contributed by atoms with E-state index in [4.69, 9.17) is 11.6 Å². The first-order chi connectivity index (χ1) is 8.40. The molecule has 2 nitrogen and oxygen atoms in total. The molecule has 0 fully saturated rings. The molecule has 0 saturated carbocycles. The van der Waals surface area contributed by atoms with Gasteiger partial charge in [0.05, 0.1) is 0 Å². The Labute approximate surface area is 123 Å². The number of benzene rings is 1. The molecule has 1 aromatic rings. The topological polar surface area (TPSA) is 34.1 Å². The lowest BCUT2D eigenvalue weighted by molar-refractivity contribution is 0.529. The van der Waals surface area contributed by atoms with Gasteiger partial charge in [-0.05, 0) is 42.9 Å². The van der Waals surface area contributed by atoms with Crippen molar-refractivity contribution in [3.8, 4) is 0 Å². The number of halogens is 2. The molecular formula is C13H18BrClO2S. The molecule has 0 amide bonds. The number of hydrogen-bond acceptors (Lipinski definition) is 2. The highest BCUT2D eigenvalue weighted by atomic mass is 79.9. The van der Waals surface area contributed by atoms with Crippen LogP contribution >= 0.6 is 27.5 Å². The third-order valence-corrected chi connectivity index (χ3v) is 4.94. The first-order valence-corrected chi connectivity index (χ1v) is 9.45. The standard InChI is InChI=1S/C13H18BrClO2S/c1-18(16,17)7-3-5-12(10-14)8-11-4-2-6-13(15)9-11/h2,4,6,9,12H,3,5,7-8,10H2,1H3. The van der Waals surface area contributed by atoms with E-state index in [9.17, 15) is 8.42 Å². The van der Waals surface area contributed by atoms with Gasteiger partial charge in [0.1, 0.15) is 9.84 Å². The van der Waals surface area contributed by atoms with Gasteiger partial charge in [-0.2, -0.15) is 0 Å². The molecule has 0 N–H and O–H groups in total. The van der Waals surface area contributed by atoms with Gasteiger partial charge in [-0.25, -0.2) is 8.42 Å². The van der Waals surface area contributed by atoms with Crippen LogP contribution in [0.15, 0.2) is 24.3 Å². The van der Waals surface area contributed by atoms with E-state index in [1.165, 1.54) is 11.8 Å². The van der Waals surface area contributed by atoms with Gasteiger partial charge in [-0.3, -0.25) is 0 Å². The molecule has 1 rings (SSSR count). The fourth-order valence-corrected chi connectivity index (χ4v) is 3.32. The summed E-state index contributed by atoms with van der Waals surface area (Å²) in [6, 6.07) is 7.82. The van der Waals surface area contributed by atoms with E-state index in [1.54, 1.807) is 0 Å². The molecular weight excluding hydrogens is 336 g/mol. The lowest BCUT2D eigenvalue weighted by atomic mass is 9.97. The Morgan fingerprint density at radius 1 is 1.39 bits per heavy atom. The molecule has 0 radical (unpaired) electrons. The zero-order valence-corrected chi connectivity index (χ0v) is 13.6. The van der Waals surface area contributed by atoms with Crippen molar-refractivity contribution in [1.29, 1.82) is 0 Å². The lowest BCUT2D eigenvalue weighted by Gasteiger charge is -2.13. The smallest absolute Gasteiger partial charge is 0.147 e. The summed E-state index contributed by atoms with van der Waals surface area (Å²) < 4.78 is 22.1. The van der Waals surface area contributed by atoms with Crippen LogP contribution in [0.5, 0.6) is 0 Å². The van der Waals surface area contributed by atoms with E-state index in [0.29, 0.717) is 5.92 Å². The van der Waals surface area contributed by atoms with Crippen molar-refractivity contribution in [2.45, 2.75) is 19.3 Å². The van der Waals surface area contributed by atoms with Crippen molar-refractivity contribution in [3.05, 3.63) is 34.9 Å². The summed E-state index contributed by atoms with van der Waals surface area (Å²) in [6.07, 6.45) is 3.84. The van der Waals surface area contributed by atoms with Crippen LogP contribution in [0.3, 0.4) is 0 Å². The largest absolute Gasteiger partial charge is 0.229 e. The normalized spacial score (nSPS) is 13.5. The molecule has 1 unspecified atom stereocenters. The first kappa shape index (κ1) is 16.0. The predicted molar refractivity (Wildman–Crippen MR) is 81.4 cm³/mol. The van der Waals surface area contributed by atoms with E-state index in [-0.39, 0.29) is 5.75 Å². The van der Waals surface area contributed by atoms with Crippen molar-refractivity contribution in [1.82, 2.24) is 0 Å². The van der Waals surface area contributed by atoms with Crippen molar-refractivity contribution in [2.75, 3.05) is 17.3 Å². The van der Waals surface area contributed by atoms with Crippen molar-refractivity contribution in [2.24, 2.45) is 5.92 Å². The Balaban J connectivity index is 2.47. The Kier molecular flexibility index (Phi) is 6.67. The second-order valence-electron chi connectivity index (χ2n) is 4.63. The number of rotatable bonds is 7. The highest BCUT2D eigenvalue weighted by Gasteiger charge is 2.10. The Morgan fingerprint density at radius 3 is 2.67 bits per heavy atom. The minimum Gasteiger partial charge on any atom is -0.229 e. The van der Waals surface area contributed by atoms with Crippen molar-refractivity contribution in [3.63, 3.8) is 0 Å². The summed E-state index contributed by atoms with van der Waals surface area (Å²) in [5, 5.41) is 1.63. The summed E-state index contributed by atoms with van der Waals surface area (Å²) in [6.45, 7) is 0. The maximum atomic E-state index is 11.1. The SMILES string of the molecule is CS(=O)(=O)CCCC(CBr)Cc1cccc(Cl)c1. The summed E-state index contributed by atoms with van der Waals surface area (Å²) in [5.41, 5.74) is 1.20. The average molecular weight is 354 g/mol. The number of sulfone groups is 1. The molecule has 0 aromatic heterocycles. The van der Waals surface area contributed by atoms with Crippen LogP contribution in [0.25, 0.3) is 0 Å². The maximum Gasteiger partial charge on any atom is 0.147 e. The van der Waals surface area contributed by atoms with Crippen molar-refractivity contribution >= 4 is 37.4 Å². The van der Waals surface area contributed by atoms with Gasteiger partial charge < -0.3 is 0 Å². The predicted octanol–water partition coefficient (Wildman–Crippen LogP) is 3.72. The van der Waals surface area contributed by atoms with Crippen LogP contribution < -0.4 is 0 Å². The monoisotopic (exact) mass is 352 g/mol. The average Bonchev–Trinajstić information content (AvgIpc) is 2.26.